The van der Waals surface area contributed by atoms with Gasteiger partial charge in [0.05, 0.1) is 0 Å². The molecular formula is C14H20N2O2. The number of aliphatic hydroxyl groups is 1. The monoisotopic (exact) mass is 248 g/mol. The lowest BCUT2D eigenvalue weighted by molar-refractivity contribution is 0.260. The molecule has 18 heavy (non-hydrogen) atoms. The molecule has 0 spiro atoms. The number of nitrogens with zero attached hydrogens (tertiary/aromatic N) is 1. The molecule has 1 unspecified atom stereocenters. The SMILES string of the molecule is CC(CCO)CNCc1ccccc1OCC#N. The zero-order valence-corrected chi connectivity index (χ0v) is 10.7. The number of rotatable bonds is 8. The molecule has 0 aliphatic carbocycles. The molecule has 4 heteroatoms. The van der Waals surface area contributed by atoms with Crippen LogP contribution in [0.4, 0.5) is 0 Å². The number of para-hydroxylation sites is 1. The Bertz CT molecular complexity index is 388. The highest BCUT2D eigenvalue weighted by Gasteiger charge is 2.04. The van der Waals surface area contributed by atoms with Crippen molar-refractivity contribution in [1.82, 2.24) is 5.32 Å². The Balaban J connectivity index is 2.43. The molecule has 0 bridgehead atoms. The van der Waals surface area contributed by atoms with Gasteiger partial charge in [0.1, 0.15) is 11.8 Å². The topological polar surface area (TPSA) is 65.3 Å². The summed E-state index contributed by atoms with van der Waals surface area (Å²) in [7, 11) is 0. The summed E-state index contributed by atoms with van der Waals surface area (Å²) in [5.74, 6) is 1.20. The van der Waals surface area contributed by atoms with Crippen molar-refractivity contribution in [1.29, 1.82) is 5.26 Å². The number of benzene rings is 1. The van der Waals surface area contributed by atoms with E-state index in [4.69, 9.17) is 15.1 Å². The molecule has 1 aromatic carbocycles. The third-order valence-corrected chi connectivity index (χ3v) is 2.69. The molecule has 0 aromatic heterocycles. The molecule has 4 nitrogen and oxygen atoms in total. The molecular weight excluding hydrogens is 228 g/mol. The van der Waals surface area contributed by atoms with Gasteiger partial charge in [0.25, 0.3) is 0 Å². The molecule has 0 radical (unpaired) electrons. The number of ether oxygens (including phenoxy) is 1. The average Bonchev–Trinajstić information content (AvgIpc) is 2.38. The van der Waals surface area contributed by atoms with Gasteiger partial charge < -0.3 is 15.2 Å². The van der Waals surface area contributed by atoms with Crippen molar-refractivity contribution in [3.8, 4) is 11.8 Å². The highest BCUT2D eigenvalue weighted by atomic mass is 16.5. The average molecular weight is 248 g/mol. The minimum atomic E-state index is 0.0674. The Kier molecular flexibility index (Phi) is 6.85. The predicted octanol–water partition coefficient (Wildman–Crippen LogP) is 1.70. The van der Waals surface area contributed by atoms with Crippen molar-refractivity contribution >= 4 is 0 Å². The first-order valence-corrected chi connectivity index (χ1v) is 6.17. The van der Waals surface area contributed by atoms with E-state index in [9.17, 15) is 0 Å². The van der Waals surface area contributed by atoms with Gasteiger partial charge in [-0.2, -0.15) is 5.26 Å². The molecule has 1 aromatic rings. The van der Waals surface area contributed by atoms with E-state index in [1.807, 2.05) is 30.3 Å². The van der Waals surface area contributed by atoms with Crippen LogP contribution in [0, 0.1) is 17.2 Å². The second kappa shape index (κ2) is 8.51. The van der Waals surface area contributed by atoms with Crippen molar-refractivity contribution in [3.05, 3.63) is 29.8 Å². The quantitative estimate of drug-likeness (QED) is 0.735. The second-order valence-electron chi connectivity index (χ2n) is 4.30. The maximum absolute atomic E-state index is 8.82. The summed E-state index contributed by atoms with van der Waals surface area (Å²) in [4.78, 5) is 0. The predicted molar refractivity (Wildman–Crippen MR) is 70.1 cm³/mol. The molecule has 0 fully saturated rings. The van der Waals surface area contributed by atoms with Crippen LogP contribution >= 0.6 is 0 Å². The van der Waals surface area contributed by atoms with Gasteiger partial charge in [-0.05, 0) is 24.9 Å². The standard InChI is InChI=1S/C14H20N2O2/c1-12(6-8-17)10-16-11-13-4-2-3-5-14(13)18-9-7-15/h2-5,12,16-17H,6,8-11H2,1H3. The molecule has 0 heterocycles. The summed E-state index contributed by atoms with van der Waals surface area (Å²) in [5, 5.41) is 20.7. The van der Waals surface area contributed by atoms with Crippen LogP contribution in [0.25, 0.3) is 0 Å². The van der Waals surface area contributed by atoms with Crippen LogP contribution < -0.4 is 10.1 Å². The number of nitriles is 1. The van der Waals surface area contributed by atoms with E-state index in [2.05, 4.69) is 12.2 Å². The molecule has 0 saturated heterocycles. The van der Waals surface area contributed by atoms with Crippen LogP contribution in [0.1, 0.15) is 18.9 Å². The number of aliphatic hydroxyl groups excluding tert-OH is 1. The number of hydrogen-bond acceptors (Lipinski definition) is 4. The first-order valence-electron chi connectivity index (χ1n) is 6.17. The van der Waals surface area contributed by atoms with E-state index in [0.717, 1.165) is 24.3 Å². The molecule has 2 N–H and O–H groups in total. The largest absolute Gasteiger partial charge is 0.478 e. The highest BCUT2D eigenvalue weighted by molar-refractivity contribution is 5.33. The molecule has 0 aliphatic heterocycles. The zero-order valence-electron chi connectivity index (χ0n) is 10.7. The van der Waals surface area contributed by atoms with E-state index in [-0.39, 0.29) is 13.2 Å². The van der Waals surface area contributed by atoms with Crippen LogP contribution in [0.3, 0.4) is 0 Å². The molecule has 0 aliphatic rings. The first kappa shape index (κ1) is 14.5. The third kappa shape index (κ3) is 5.17. The maximum atomic E-state index is 8.82. The fourth-order valence-electron chi connectivity index (χ4n) is 1.68. The molecule has 0 saturated carbocycles. The zero-order chi connectivity index (χ0) is 13.2. The van der Waals surface area contributed by atoms with Crippen LogP contribution in [-0.2, 0) is 6.54 Å². The van der Waals surface area contributed by atoms with Gasteiger partial charge in [0.2, 0.25) is 0 Å². The van der Waals surface area contributed by atoms with Gasteiger partial charge >= 0.3 is 0 Å². The van der Waals surface area contributed by atoms with Gasteiger partial charge in [-0.1, -0.05) is 25.1 Å². The normalized spacial score (nSPS) is 11.8. The van der Waals surface area contributed by atoms with Crippen molar-refractivity contribution in [2.24, 2.45) is 5.92 Å². The van der Waals surface area contributed by atoms with Crippen LogP contribution in [-0.4, -0.2) is 24.9 Å². The van der Waals surface area contributed by atoms with Gasteiger partial charge in [-0.15, -0.1) is 0 Å². The number of nitrogens with one attached hydrogen (secondary N) is 1. The second-order valence-corrected chi connectivity index (χ2v) is 4.30. The lowest BCUT2D eigenvalue weighted by atomic mass is 10.1. The van der Waals surface area contributed by atoms with E-state index in [0.29, 0.717) is 12.5 Å². The van der Waals surface area contributed by atoms with E-state index in [1.165, 1.54) is 0 Å². The van der Waals surface area contributed by atoms with Crippen LogP contribution in [0.15, 0.2) is 24.3 Å². The van der Waals surface area contributed by atoms with E-state index in [1.54, 1.807) is 0 Å². The van der Waals surface area contributed by atoms with E-state index >= 15 is 0 Å². The molecule has 98 valence electrons. The summed E-state index contributed by atoms with van der Waals surface area (Å²) in [6.45, 7) is 3.95. The Labute approximate surface area is 108 Å². The summed E-state index contributed by atoms with van der Waals surface area (Å²) < 4.78 is 5.35. The van der Waals surface area contributed by atoms with Crippen molar-refractivity contribution in [2.75, 3.05) is 19.8 Å². The van der Waals surface area contributed by atoms with E-state index < -0.39 is 0 Å². The molecule has 1 atom stereocenters. The Morgan fingerprint density at radius 2 is 2.22 bits per heavy atom. The Morgan fingerprint density at radius 3 is 2.94 bits per heavy atom. The lowest BCUT2D eigenvalue weighted by Crippen LogP contribution is -2.21. The lowest BCUT2D eigenvalue weighted by Gasteiger charge is -2.13. The van der Waals surface area contributed by atoms with Gasteiger partial charge in [-0.3, -0.25) is 0 Å². The Morgan fingerprint density at radius 1 is 1.44 bits per heavy atom. The smallest absolute Gasteiger partial charge is 0.174 e. The summed E-state index contributed by atoms with van der Waals surface area (Å²) >= 11 is 0. The van der Waals surface area contributed by atoms with Crippen molar-refractivity contribution < 1.29 is 9.84 Å². The van der Waals surface area contributed by atoms with Crippen LogP contribution in [0.2, 0.25) is 0 Å². The van der Waals surface area contributed by atoms with Crippen molar-refractivity contribution in [3.63, 3.8) is 0 Å². The minimum Gasteiger partial charge on any atom is -0.478 e. The fraction of sp³-hybridized carbons (Fsp3) is 0.500. The summed E-state index contributed by atoms with van der Waals surface area (Å²) in [5.41, 5.74) is 1.05. The molecule has 1 rings (SSSR count). The van der Waals surface area contributed by atoms with Gasteiger partial charge in [-0.25, -0.2) is 0 Å². The van der Waals surface area contributed by atoms with Gasteiger partial charge in [0.15, 0.2) is 6.61 Å². The number of hydrogen-bond donors (Lipinski definition) is 2. The first-order chi connectivity index (χ1) is 8.77. The van der Waals surface area contributed by atoms with Crippen LogP contribution in [0.5, 0.6) is 5.75 Å². The summed E-state index contributed by atoms with van der Waals surface area (Å²) in [6, 6.07) is 9.66. The molecule has 0 amide bonds. The van der Waals surface area contributed by atoms with Crippen molar-refractivity contribution in [2.45, 2.75) is 19.9 Å². The minimum absolute atomic E-state index is 0.0674. The summed E-state index contributed by atoms with van der Waals surface area (Å²) in [6.07, 6.45) is 0.805. The fourth-order valence-corrected chi connectivity index (χ4v) is 1.68. The third-order valence-electron chi connectivity index (χ3n) is 2.69. The van der Waals surface area contributed by atoms with Gasteiger partial charge in [0, 0.05) is 18.7 Å². The Hall–Kier alpha value is -1.57. The maximum Gasteiger partial charge on any atom is 0.174 e. The highest BCUT2D eigenvalue weighted by Crippen LogP contribution is 2.17.